The number of carbonyl (C=O) groups is 1. The summed E-state index contributed by atoms with van der Waals surface area (Å²) >= 11 is 0. The summed E-state index contributed by atoms with van der Waals surface area (Å²) in [5.41, 5.74) is -0.460. The number of likely N-dealkylation sites (tertiary alicyclic amines) is 1. The Bertz CT molecular complexity index is 426. The van der Waals surface area contributed by atoms with Crippen LogP contribution < -0.4 is 16.0 Å². The van der Waals surface area contributed by atoms with Crippen molar-refractivity contribution in [2.75, 3.05) is 46.3 Å². The quantitative estimate of drug-likeness (QED) is 0.347. The van der Waals surface area contributed by atoms with E-state index in [9.17, 15) is 4.79 Å². The largest absolute Gasteiger partial charge is 0.444 e. The molecule has 1 rings (SSSR count). The van der Waals surface area contributed by atoms with E-state index in [1.165, 1.54) is 32.4 Å². The number of amides is 1. The molecule has 1 heterocycles. The highest BCUT2D eigenvalue weighted by molar-refractivity contribution is 5.79. The number of guanidine groups is 1. The summed E-state index contributed by atoms with van der Waals surface area (Å²) in [6.07, 6.45) is 4.19. The Morgan fingerprint density at radius 2 is 1.85 bits per heavy atom. The van der Waals surface area contributed by atoms with E-state index in [4.69, 9.17) is 4.74 Å². The van der Waals surface area contributed by atoms with Gasteiger partial charge < -0.3 is 25.6 Å². The van der Waals surface area contributed by atoms with E-state index >= 15 is 0 Å². The summed E-state index contributed by atoms with van der Waals surface area (Å²) < 4.78 is 5.21. The van der Waals surface area contributed by atoms with Crippen LogP contribution in [-0.4, -0.2) is 68.9 Å². The Labute approximate surface area is 159 Å². The molecule has 0 aromatic carbocycles. The molecule has 0 aromatic rings. The molecular formula is C19H39N5O2. The minimum absolute atomic E-state index is 0.371. The van der Waals surface area contributed by atoms with Gasteiger partial charge in [-0.2, -0.15) is 0 Å². The van der Waals surface area contributed by atoms with Gasteiger partial charge in [-0.05, 0) is 79.4 Å². The van der Waals surface area contributed by atoms with Crippen LogP contribution in [0.5, 0.6) is 0 Å². The second-order valence-corrected chi connectivity index (χ2v) is 8.00. The normalized spacial score (nSPS) is 17.0. The molecule has 0 saturated carbocycles. The predicted octanol–water partition coefficient (Wildman–Crippen LogP) is 2.19. The minimum Gasteiger partial charge on any atom is -0.444 e. The summed E-state index contributed by atoms with van der Waals surface area (Å²) in [5, 5.41) is 9.46. The number of alkyl carbamates (subject to hydrolysis) is 1. The maximum Gasteiger partial charge on any atom is 0.407 e. The average molecular weight is 370 g/mol. The van der Waals surface area contributed by atoms with Crippen LogP contribution >= 0.6 is 0 Å². The van der Waals surface area contributed by atoms with Crippen molar-refractivity contribution in [2.45, 2.75) is 59.0 Å². The third-order valence-electron chi connectivity index (χ3n) is 4.30. The number of piperidine rings is 1. The number of aliphatic imine (C=N–C) groups is 1. The highest BCUT2D eigenvalue weighted by Crippen LogP contribution is 2.18. The maximum atomic E-state index is 11.6. The fourth-order valence-corrected chi connectivity index (χ4v) is 2.86. The van der Waals surface area contributed by atoms with Crippen LogP contribution in [-0.2, 0) is 4.74 Å². The number of rotatable bonds is 8. The van der Waals surface area contributed by atoms with Crippen LogP contribution in [0.4, 0.5) is 4.79 Å². The SMILES string of the molecule is CCNC(=NCCCNC(=O)OC(C)(C)C)NCCC1CCN(C)CC1. The van der Waals surface area contributed by atoms with Crippen molar-refractivity contribution in [3.63, 3.8) is 0 Å². The molecule has 0 spiro atoms. The first-order valence-electron chi connectivity index (χ1n) is 9.97. The first-order valence-corrected chi connectivity index (χ1v) is 9.97. The topological polar surface area (TPSA) is 78.0 Å². The second-order valence-electron chi connectivity index (χ2n) is 8.00. The van der Waals surface area contributed by atoms with Crippen molar-refractivity contribution < 1.29 is 9.53 Å². The van der Waals surface area contributed by atoms with Crippen molar-refractivity contribution in [2.24, 2.45) is 10.9 Å². The van der Waals surface area contributed by atoms with Gasteiger partial charge in [-0.15, -0.1) is 0 Å². The van der Waals surface area contributed by atoms with Crippen molar-refractivity contribution in [1.29, 1.82) is 0 Å². The zero-order valence-electron chi connectivity index (χ0n) is 17.4. The molecule has 1 fully saturated rings. The van der Waals surface area contributed by atoms with Crippen molar-refractivity contribution in [3.05, 3.63) is 0 Å². The van der Waals surface area contributed by atoms with Crippen LogP contribution in [0.25, 0.3) is 0 Å². The van der Waals surface area contributed by atoms with Gasteiger partial charge in [0.05, 0.1) is 0 Å². The van der Waals surface area contributed by atoms with Gasteiger partial charge in [0.15, 0.2) is 5.96 Å². The van der Waals surface area contributed by atoms with E-state index in [0.29, 0.717) is 13.1 Å². The van der Waals surface area contributed by atoms with E-state index < -0.39 is 5.60 Å². The molecule has 0 aromatic heterocycles. The molecule has 0 radical (unpaired) electrons. The molecule has 1 aliphatic heterocycles. The summed E-state index contributed by atoms with van der Waals surface area (Å²) in [7, 11) is 2.20. The molecule has 1 aliphatic rings. The van der Waals surface area contributed by atoms with Gasteiger partial charge in [0.2, 0.25) is 0 Å². The minimum atomic E-state index is -0.460. The zero-order valence-corrected chi connectivity index (χ0v) is 17.4. The molecule has 7 heteroatoms. The molecule has 3 N–H and O–H groups in total. The lowest BCUT2D eigenvalue weighted by Gasteiger charge is -2.29. The molecule has 26 heavy (non-hydrogen) atoms. The predicted molar refractivity (Wildman–Crippen MR) is 108 cm³/mol. The van der Waals surface area contributed by atoms with Gasteiger partial charge >= 0.3 is 6.09 Å². The number of carbonyl (C=O) groups excluding carboxylic acids is 1. The summed E-state index contributed by atoms with van der Waals surface area (Å²) in [6, 6.07) is 0. The summed E-state index contributed by atoms with van der Waals surface area (Å²) in [6.45, 7) is 13.1. The molecule has 0 unspecified atom stereocenters. The van der Waals surface area contributed by atoms with Gasteiger partial charge in [-0.25, -0.2) is 4.79 Å². The Balaban J connectivity index is 2.19. The average Bonchev–Trinajstić information content (AvgIpc) is 2.54. The smallest absolute Gasteiger partial charge is 0.407 e. The van der Waals surface area contributed by atoms with Crippen molar-refractivity contribution in [3.8, 4) is 0 Å². The van der Waals surface area contributed by atoms with Crippen LogP contribution in [0.3, 0.4) is 0 Å². The number of nitrogens with one attached hydrogen (secondary N) is 3. The fraction of sp³-hybridized carbons (Fsp3) is 0.895. The lowest BCUT2D eigenvalue weighted by Crippen LogP contribution is -2.39. The van der Waals surface area contributed by atoms with E-state index in [1.807, 2.05) is 20.8 Å². The number of ether oxygens (including phenoxy) is 1. The third-order valence-corrected chi connectivity index (χ3v) is 4.30. The van der Waals surface area contributed by atoms with Gasteiger partial charge in [0.1, 0.15) is 5.60 Å². The van der Waals surface area contributed by atoms with Gasteiger partial charge in [0.25, 0.3) is 0 Å². The van der Waals surface area contributed by atoms with Crippen molar-refractivity contribution >= 4 is 12.1 Å². The summed E-state index contributed by atoms with van der Waals surface area (Å²) in [4.78, 5) is 18.6. The first kappa shape index (κ1) is 22.5. The molecule has 1 amide bonds. The second kappa shape index (κ2) is 12.0. The van der Waals surface area contributed by atoms with E-state index in [0.717, 1.165) is 31.4 Å². The molecule has 152 valence electrons. The van der Waals surface area contributed by atoms with Crippen molar-refractivity contribution in [1.82, 2.24) is 20.9 Å². The number of nitrogens with zero attached hydrogens (tertiary/aromatic N) is 2. The van der Waals surface area contributed by atoms with Gasteiger partial charge in [-0.3, -0.25) is 4.99 Å². The lowest BCUT2D eigenvalue weighted by molar-refractivity contribution is 0.0527. The molecule has 1 saturated heterocycles. The zero-order chi connectivity index (χ0) is 19.4. The fourth-order valence-electron chi connectivity index (χ4n) is 2.86. The lowest BCUT2D eigenvalue weighted by atomic mass is 9.94. The number of hydrogen-bond donors (Lipinski definition) is 3. The first-order chi connectivity index (χ1) is 12.3. The molecule has 0 bridgehead atoms. The highest BCUT2D eigenvalue weighted by atomic mass is 16.6. The Hall–Kier alpha value is -1.50. The Morgan fingerprint density at radius 1 is 1.15 bits per heavy atom. The van der Waals surface area contributed by atoms with E-state index in [1.54, 1.807) is 0 Å². The highest BCUT2D eigenvalue weighted by Gasteiger charge is 2.16. The molecule has 0 atom stereocenters. The van der Waals surface area contributed by atoms with Crippen LogP contribution in [0, 0.1) is 5.92 Å². The maximum absolute atomic E-state index is 11.6. The van der Waals surface area contributed by atoms with E-state index in [-0.39, 0.29) is 6.09 Å². The van der Waals surface area contributed by atoms with Gasteiger partial charge in [0, 0.05) is 26.2 Å². The third kappa shape index (κ3) is 11.2. The standard InChI is InChI=1S/C19H39N5O2/c1-6-20-17(22-13-8-16-9-14-24(5)15-10-16)21-11-7-12-23-18(25)26-19(2,3)4/h16H,6-15H2,1-5H3,(H,23,25)(H2,20,21,22). The van der Waals surface area contributed by atoms with E-state index in [2.05, 4.69) is 39.8 Å². The van der Waals surface area contributed by atoms with Crippen LogP contribution in [0.1, 0.15) is 53.4 Å². The van der Waals surface area contributed by atoms with Gasteiger partial charge in [-0.1, -0.05) is 0 Å². The monoisotopic (exact) mass is 369 g/mol. The Kier molecular flexibility index (Phi) is 10.4. The molecule has 0 aliphatic carbocycles. The Morgan fingerprint density at radius 3 is 2.46 bits per heavy atom. The number of hydrogen-bond acceptors (Lipinski definition) is 4. The van der Waals surface area contributed by atoms with Crippen LogP contribution in [0.15, 0.2) is 4.99 Å². The molecular weight excluding hydrogens is 330 g/mol. The summed E-state index contributed by atoms with van der Waals surface area (Å²) in [5.74, 6) is 1.68. The molecule has 7 nitrogen and oxygen atoms in total. The van der Waals surface area contributed by atoms with Crippen LogP contribution in [0.2, 0.25) is 0 Å².